The molecule has 2 N–H and O–H groups in total. The Bertz CT molecular complexity index is 1640. The van der Waals surface area contributed by atoms with E-state index in [9.17, 15) is 19.2 Å². The van der Waals surface area contributed by atoms with Gasteiger partial charge in [0.1, 0.15) is 11.3 Å². The quantitative estimate of drug-likeness (QED) is 0.154. The number of nitrogens with zero attached hydrogens (tertiary/aromatic N) is 1. The fourth-order valence-corrected chi connectivity index (χ4v) is 5.75. The molecule has 1 fully saturated rings. The number of halogens is 4. The molecule has 14 heteroatoms. The molecule has 1 aliphatic heterocycles. The maximum Gasteiger partial charge on any atom is 0.335 e. The predicted molar refractivity (Wildman–Crippen MR) is 175 cm³/mol. The first-order chi connectivity index (χ1) is 21.0. The van der Waals surface area contributed by atoms with Crippen molar-refractivity contribution < 1.29 is 33.4 Å². The van der Waals surface area contributed by atoms with Crippen LogP contribution in [0.1, 0.15) is 25.8 Å². The molecule has 0 bridgehead atoms. The van der Waals surface area contributed by atoms with Crippen LogP contribution < -0.4 is 29.7 Å². The highest BCUT2D eigenvalue weighted by Crippen LogP contribution is 2.37. The fourth-order valence-electron chi connectivity index (χ4n) is 4.00. The number of anilines is 2. The second kappa shape index (κ2) is 14.9. The Morgan fingerprint density at radius 1 is 0.932 bits per heavy atom. The van der Waals surface area contributed by atoms with E-state index in [1.807, 2.05) is 6.92 Å². The smallest absolute Gasteiger partial charge is 0.335 e. The molecule has 10 nitrogen and oxygen atoms in total. The number of ether oxygens (including phenoxy) is 3. The van der Waals surface area contributed by atoms with Crippen LogP contribution in [0.4, 0.5) is 16.2 Å². The van der Waals surface area contributed by atoms with E-state index >= 15 is 0 Å². The van der Waals surface area contributed by atoms with Crippen molar-refractivity contribution in [2.24, 2.45) is 0 Å². The maximum absolute atomic E-state index is 13.5. The van der Waals surface area contributed by atoms with Gasteiger partial charge in [-0.2, -0.15) is 0 Å². The lowest BCUT2D eigenvalue weighted by molar-refractivity contribution is -0.122. The van der Waals surface area contributed by atoms with Gasteiger partial charge in [0, 0.05) is 11.8 Å². The Morgan fingerprint density at radius 2 is 1.66 bits per heavy atom. The van der Waals surface area contributed by atoms with Crippen molar-refractivity contribution in [3.8, 4) is 17.2 Å². The Balaban J connectivity index is 1.53. The van der Waals surface area contributed by atoms with Crippen LogP contribution in [0.15, 0.2) is 63.0 Å². The van der Waals surface area contributed by atoms with Crippen molar-refractivity contribution in [2.75, 3.05) is 30.0 Å². The highest BCUT2D eigenvalue weighted by Gasteiger charge is 2.37. The van der Waals surface area contributed by atoms with Crippen LogP contribution >= 0.6 is 55.1 Å². The Morgan fingerprint density at radius 3 is 2.32 bits per heavy atom. The Labute approximate surface area is 279 Å². The van der Waals surface area contributed by atoms with Crippen LogP contribution in [-0.4, -0.2) is 43.6 Å². The molecule has 0 radical (unpaired) electrons. The van der Waals surface area contributed by atoms with E-state index in [0.29, 0.717) is 60.7 Å². The molecule has 0 saturated carbocycles. The normalized spacial score (nSPS) is 14.0. The molecule has 44 heavy (non-hydrogen) atoms. The summed E-state index contributed by atoms with van der Waals surface area (Å²) >= 11 is 18.7. The number of amides is 5. The average molecular weight is 770 g/mol. The van der Waals surface area contributed by atoms with E-state index in [4.69, 9.17) is 37.4 Å². The molecular formula is C30H25Br2Cl2N3O7. The zero-order valence-corrected chi connectivity index (χ0v) is 28.0. The van der Waals surface area contributed by atoms with E-state index < -0.39 is 23.8 Å². The molecule has 0 aliphatic carbocycles. The van der Waals surface area contributed by atoms with Gasteiger partial charge in [-0.05, 0) is 99.3 Å². The standard InChI is InChI=1S/C30H25Br2Cl2N3O7/c1-3-9-43-24-8-6-18(14-25(24)42-4-2)37-29(40)19(28(39)36-30(37)41)10-16-11-20(31)27(21(32)12-16)44-15-26(38)35-17-5-7-22(33)23(34)13-17/h5-8,10-14H,3-4,9,15H2,1-2H3,(H,35,38)(H,36,39,41)/b19-10+. The molecule has 0 spiro atoms. The summed E-state index contributed by atoms with van der Waals surface area (Å²) in [4.78, 5) is 52.3. The third kappa shape index (κ3) is 7.92. The van der Waals surface area contributed by atoms with Gasteiger partial charge in [0.05, 0.1) is 37.9 Å². The van der Waals surface area contributed by atoms with Gasteiger partial charge < -0.3 is 19.5 Å². The summed E-state index contributed by atoms with van der Waals surface area (Å²) in [7, 11) is 0. The summed E-state index contributed by atoms with van der Waals surface area (Å²) in [6.45, 7) is 4.23. The highest BCUT2D eigenvalue weighted by molar-refractivity contribution is 9.11. The number of carbonyl (C=O) groups excluding carboxylic acids is 4. The number of benzene rings is 3. The zero-order valence-electron chi connectivity index (χ0n) is 23.3. The predicted octanol–water partition coefficient (Wildman–Crippen LogP) is 7.39. The number of hydrogen-bond donors (Lipinski definition) is 2. The van der Waals surface area contributed by atoms with Gasteiger partial charge in [0.15, 0.2) is 18.1 Å². The molecule has 1 aliphatic rings. The molecule has 3 aromatic rings. The van der Waals surface area contributed by atoms with Gasteiger partial charge in [-0.25, -0.2) is 9.69 Å². The summed E-state index contributed by atoms with van der Waals surface area (Å²) < 4.78 is 17.9. The van der Waals surface area contributed by atoms with Crippen molar-refractivity contribution in [2.45, 2.75) is 20.3 Å². The maximum atomic E-state index is 13.5. The van der Waals surface area contributed by atoms with E-state index in [-0.39, 0.29) is 17.9 Å². The largest absolute Gasteiger partial charge is 0.490 e. The van der Waals surface area contributed by atoms with Crippen LogP contribution in [0, 0.1) is 0 Å². The fraction of sp³-hybridized carbons (Fsp3) is 0.200. The zero-order chi connectivity index (χ0) is 32.0. The van der Waals surface area contributed by atoms with Gasteiger partial charge in [-0.3, -0.25) is 19.7 Å². The van der Waals surface area contributed by atoms with Crippen molar-refractivity contribution in [1.29, 1.82) is 0 Å². The number of rotatable bonds is 11. The summed E-state index contributed by atoms with van der Waals surface area (Å²) in [5, 5.41) is 5.52. The molecule has 230 valence electrons. The number of imide groups is 2. The van der Waals surface area contributed by atoms with Gasteiger partial charge in [-0.1, -0.05) is 30.1 Å². The third-order valence-corrected chi connectivity index (χ3v) is 7.85. The van der Waals surface area contributed by atoms with Gasteiger partial charge in [0.25, 0.3) is 17.7 Å². The Hall–Kier alpha value is -3.58. The van der Waals surface area contributed by atoms with Gasteiger partial charge in [-0.15, -0.1) is 0 Å². The average Bonchev–Trinajstić information content (AvgIpc) is 2.96. The lowest BCUT2D eigenvalue weighted by Crippen LogP contribution is -2.54. The van der Waals surface area contributed by atoms with Crippen molar-refractivity contribution in [3.63, 3.8) is 0 Å². The summed E-state index contributed by atoms with van der Waals surface area (Å²) in [5.74, 6) is -0.985. The molecule has 0 aromatic heterocycles. The molecule has 3 aromatic carbocycles. The van der Waals surface area contributed by atoms with E-state index in [1.165, 1.54) is 24.3 Å². The first-order valence-corrected chi connectivity index (χ1v) is 15.5. The molecular weight excluding hydrogens is 745 g/mol. The van der Waals surface area contributed by atoms with Crippen molar-refractivity contribution in [3.05, 3.63) is 78.7 Å². The third-order valence-electron chi connectivity index (χ3n) is 5.93. The molecule has 0 unspecified atom stereocenters. The number of urea groups is 1. The number of hydrogen-bond acceptors (Lipinski definition) is 7. The first-order valence-electron chi connectivity index (χ1n) is 13.2. The molecule has 0 atom stereocenters. The monoisotopic (exact) mass is 767 g/mol. The number of carbonyl (C=O) groups is 4. The van der Waals surface area contributed by atoms with Crippen LogP contribution in [-0.2, 0) is 14.4 Å². The highest BCUT2D eigenvalue weighted by atomic mass is 79.9. The van der Waals surface area contributed by atoms with E-state index in [2.05, 4.69) is 42.5 Å². The summed E-state index contributed by atoms with van der Waals surface area (Å²) in [6, 6.07) is 11.6. The Kier molecular flexibility index (Phi) is 11.3. The SMILES string of the molecule is CCCOc1ccc(N2C(=O)NC(=O)/C(=C\c3cc(Br)c(OCC(=O)Nc4ccc(Cl)c(Cl)c4)c(Br)c3)C2=O)cc1OCC. The van der Waals surface area contributed by atoms with Crippen LogP contribution in [0.2, 0.25) is 10.0 Å². The van der Waals surface area contributed by atoms with Crippen molar-refractivity contribution >= 4 is 96.3 Å². The summed E-state index contributed by atoms with van der Waals surface area (Å²) in [6.07, 6.45) is 2.13. The minimum Gasteiger partial charge on any atom is -0.490 e. The molecule has 5 amide bonds. The van der Waals surface area contributed by atoms with Crippen molar-refractivity contribution in [1.82, 2.24) is 5.32 Å². The second-order valence-corrected chi connectivity index (χ2v) is 11.7. The van der Waals surface area contributed by atoms with Gasteiger partial charge >= 0.3 is 6.03 Å². The van der Waals surface area contributed by atoms with E-state index in [1.54, 1.807) is 37.3 Å². The minimum absolute atomic E-state index is 0.198. The first kappa shape index (κ1) is 33.3. The topological polar surface area (TPSA) is 123 Å². The molecule has 1 heterocycles. The molecule has 4 rings (SSSR count). The molecule has 1 saturated heterocycles. The lowest BCUT2D eigenvalue weighted by atomic mass is 10.1. The summed E-state index contributed by atoms with van der Waals surface area (Å²) in [5.41, 5.74) is 0.805. The van der Waals surface area contributed by atoms with Crippen LogP contribution in [0.5, 0.6) is 17.2 Å². The van der Waals surface area contributed by atoms with Crippen LogP contribution in [0.3, 0.4) is 0 Å². The lowest BCUT2D eigenvalue weighted by Gasteiger charge is -2.27. The number of barbiturate groups is 1. The number of nitrogens with one attached hydrogen (secondary N) is 2. The van der Waals surface area contributed by atoms with Gasteiger partial charge in [0.2, 0.25) is 0 Å². The second-order valence-electron chi connectivity index (χ2n) is 9.15. The van der Waals surface area contributed by atoms with E-state index in [0.717, 1.165) is 11.3 Å². The van der Waals surface area contributed by atoms with Crippen LogP contribution in [0.25, 0.3) is 6.08 Å². The minimum atomic E-state index is -0.896.